The Balaban J connectivity index is 2.32. The van der Waals surface area contributed by atoms with Gasteiger partial charge in [0.05, 0.1) is 0 Å². The number of rotatable bonds is 2. The Morgan fingerprint density at radius 3 is 1.11 bits per heavy atom. The van der Waals surface area contributed by atoms with Crippen molar-refractivity contribution >= 4 is 20.4 Å². The summed E-state index contributed by atoms with van der Waals surface area (Å²) >= 11 is -0.277. The summed E-state index contributed by atoms with van der Waals surface area (Å²) in [6, 6.07) is 0. The molecule has 0 aromatic heterocycles. The Hall–Kier alpha value is -0.274. The van der Waals surface area contributed by atoms with E-state index < -0.39 is 0 Å². The second-order valence-corrected chi connectivity index (χ2v) is 8.41. The quantitative estimate of drug-likeness (QED) is 0.602. The van der Waals surface area contributed by atoms with Crippen molar-refractivity contribution in [3.8, 4) is 0 Å². The lowest BCUT2D eigenvalue weighted by Gasteiger charge is -2.18. The highest BCUT2D eigenvalue weighted by atomic mass is 24.5. The SMILES string of the molecule is CC1=C(C)C(C)[C]([Mg][C]2=C(C)C(C)=C(C)C2C)=C1C. The summed E-state index contributed by atoms with van der Waals surface area (Å²) in [5.74, 6) is 1.39. The molecule has 0 aliphatic heterocycles. The van der Waals surface area contributed by atoms with E-state index in [-0.39, 0.29) is 20.4 Å². The molecule has 0 nitrogen and oxygen atoms in total. The van der Waals surface area contributed by atoms with E-state index in [0.717, 1.165) is 0 Å². The molecule has 0 saturated heterocycles. The largest absolute Gasteiger partial charge is 0.440 e. The first kappa shape index (κ1) is 15.1. The zero-order valence-electron chi connectivity index (χ0n) is 13.9. The average molecular weight is 267 g/mol. The van der Waals surface area contributed by atoms with E-state index in [2.05, 4.69) is 55.4 Å². The summed E-state index contributed by atoms with van der Waals surface area (Å²) in [6.45, 7) is 18.7. The maximum Gasteiger partial charge on any atom is 0.440 e. The molecule has 0 spiro atoms. The molecule has 2 atom stereocenters. The molecule has 2 aliphatic rings. The van der Waals surface area contributed by atoms with Crippen LogP contribution in [-0.4, -0.2) is 20.4 Å². The molecule has 0 heterocycles. The Kier molecular flexibility index (Phi) is 4.18. The molecular formula is C18H26Mg. The van der Waals surface area contributed by atoms with Crippen LogP contribution in [0, 0.1) is 11.8 Å². The van der Waals surface area contributed by atoms with Gasteiger partial charge in [0.2, 0.25) is 0 Å². The van der Waals surface area contributed by atoms with Gasteiger partial charge in [-0.2, -0.15) is 7.40 Å². The topological polar surface area (TPSA) is 0 Å². The third kappa shape index (κ3) is 2.29. The van der Waals surface area contributed by atoms with Crippen molar-refractivity contribution in [1.29, 1.82) is 0 Å². The van der Waals surface area contributed by atoms with Crippen molar-refractivity contribution in [2.45, 2.75) is 55.4 Å². The third-order valence-electron chi connectivity index (χ3n) is 6.00. The molecule has 2 unspecified atom stereocenters. The molecule has 2 aliphatic carbocycles. The molecule has 0 aromatic rings. The van der Waals surface area contributed by atoms with Gasteiger partial charge in [-0.3, -0.25) is 0 Å². The minimum atomic E-state index is -0.277. The Labute approximate surface area is 128 Å². The maximum atomic E-state index is 2.40. The lowest BCUT2D eigenvalue weighted by molar-refractivity contribution is 0.837. The molecule has 0 aromatic carbocycles. The summed E-state index contributed by atoms with van der Waals surface area (Å²) in [4.78, 5) is 0. The van der Waals surface area contributed by atoms with Crippen LogP contribution in [0.2, 0.25) is 0 Å². The number of allylic oxidation sites excluding steroid dienone is 8. The van der Waals surface area contributed by atoms with E-state index in [1.165, 1.54) is 0 Å². The fourth-order valence-corrected chi connectivity index (χ4v) is 6.37. The van der Waals surface area contributed by atoms with E-state index >= 15 is 0 Å². The van der Waals surface area contributed by atoms with Crippen molar-refractivity contribution in [3.63, 3.8) is 0 Å². The predicted octanol–water partition coefficient (Wildman–Crippen LogP) is 5.21. The van der Waals surface area contributed by atoms with Gasteiger partial charge in [-0.05, 0) is 53.4 Å². The van der Waals surface area contributed by atoms with Crippen molar-refractivity contribution < 1.29 is 0 Å². The summed E-state index contributed by atoms with van der Waals surface area (Å²) in [6.07, 6.45) is 0. The first-order chi connectivity index (χ1) is 8.77. The summed E-state index contributed by atoms with van der Waals surface area (Å²) in [7, 11) is 0. The van der Waals surface area contributed by atoms with Crippen LogP contribution in [0.3, 0.4) is 0 Å². The molecule has 2 rings (SSSR count). The van der Waals surface area contributed by atoms with Crippen LogP contribution in [0.4, 0.5) is 0 Å². The maximum absolute atomic E-state index is 2.40. The van der Waals surface area contributed by atoms with Gasteiger partial charge in [0.25, 0.3) is 0 Å². The summed E-state index contributed by atoms with van der Waals surface area (Å²) in [5.41, 5.74) is 9.52. The molecule has 0 N–H and O–H groups in total. The third-order valence-corrected chi connectivity index (χ3v) is 9.04. The fraction of sp³-hybridized carbons (Fsp3) is 0.556. The van der Waals surface area contributed by atoms with Crippen molar-refractivity contribution in [3.05, 3.63) is 40.8 Å². The number of hydrogen-bond donors (Lipinski definition) is 0. The molecular weight excluding hydrogens is 241 g/mol. The lowest BCUT2D eigenvalue weighted by atomic mass is 10.0. The van der Waals surface area contributed by atoms with E-state index in [9.17, 15) is 0 Å². The molecule has 0 radical (unpaired) electrons. The van der Waals surface area contributed by atoms with Gasteiger partial charge in [-0.1, -0.05) is 47.3 Å². The highest BCUT2D eigenvalue weighted by molar-refractivity contribution is 6.55. The molecule has 0 fully saturated rings. The smallest absolute Gasteiger partial charge is 0.176 e. The van der Waals surface area contributed by atoms with E-state index in [1.54, 1.807) is 40.8 Å². The Morgan fingerprint density at radius 1 is 0.579 bits per heavy atom. The van der Waals surface area contributed by atoms with Gasteiger partial charge >= 0.3 is 20.4 Å². The van der Waals surface area contributed by atoms with Gasteiger partial charge in [-0.25, -0.2) is 0 Å². The Bertz CT molecular complexity index is 502. The van der Waals surface area contributed by atoms with Crippen LogP contribution in [0.25, 0.3) is 0 Å². The first-order valence-corrected chi connectivity index (χ1v) is 8.93. The highest BCUT2D eigenvalue weighted by Crippen LogP contribution is 2.41. The first-order valence-electron chi connectivity index (χ1n) is 7.52. The lowest BCUT2D eigenvalue weighted by Crippen LogP contribution is -2.13. The Morgan fingerprint density at radius 2 is 0.895 bits per heavy atom. The summed E-state index contributed by atoms with van der Waals surface area (Å²) in [5, 5.41) is 0. The van der Waals surface area contributed by atoms with Crippen molar-refractivity contribution in [2.75, 3.05) is 0 Å². The molecule has 0 bridgehead atoms. The van der Waals surface area contributed by atoms with Crippen LogP contribution in [0.5, 0.6) is 0 Å². The van der Waals surface area contributed by atoms with Gasteiger partial charge in [0.15, 0.2) is 0 Å². The van der Waals surface area contributed by atoms with E-state index in [0.29, 0.717) is 11.8 Å². The predicted molar refractivity (Wildman–Crippen MR) is 86.2 cm³/mol. The minimum Gasteiger partial charge on any atom is -0.176 e. The van der Waals surface area contributed by atoms with Gasteiger partial charge in [-0.15, -0.1) is 0 Å². The average Bonchev–Trinajstić information content (AvgIpc) is 2.68. The van der Waals surface area contributed by atoms with Gasteiger partial charge < -0.3 is 0 Å². The second-order valence-electron chi connectivity index (χ2n) is 6.54. The normalized spacial score (nSPS) is 28.0. The molecule has 19 heavy (non-hydrogen) atoms. The molecule has 1 heteroatoms. The van der Waals surface area contributed by atoms with Crippen LogP contribution in [-0.2, 0) is 0 Å². The second kappa shape index (κ2) is 5.25. The fourth-order valence-electron chi connectivity index (χ4n) is 3.67. The highest BCUT2D eigenvalue weighted by Gasteiger charge is 2.30. The summed E-state index contributed by atoms with van der Waals surface area (Å²) < 4.78 is 3.58. The monoisotopic (exact) mass is 266 g/mol. The number of hydrogen-bond acceptors (Lipinski definition) is 0. The van der Waals surface area contributed by atoms with Crippen LogP contribution >= 0.6 is 0 Å². The molecule has 100 valence electrons. The van der Waals surface area contributed by atoms with Crippen molar-refractivity contribution in [1.82, 2.24) is 0 Å². The van der Waals surface area contributed by atoms with Crippen LogP contribution in [0.15, 0.2) is 40.8 Å². The van der Waals surface area contributed by atoms with Crippen LogP contribution in [0.1, 0.15) is 55.4 Å². The molecule has 0 amide bonds. The minimum absolute atomic E-state index is 0.277. The van der Waals surface area contributed by atoms with E-state index in [1.807, 2.05) is 0 Å². The van der Waals surface area contributed by atoms with Gasteiger partial charge in [0.1, 0.15) is 0 Å². The van der Waals surface area contributed by atoms with Gasteiger partial charge in [0, 0.05) is 0 Å². The zero-order valence-corrected chi connectivity index (χ0v) is 15.3. The van der Waals surface area contributed by atoms with E-state index in [4.69, 9.17) is 0 Å². The zero-order chi connectivity index (χ0) is 14.5. The standard InChI is InChI=1S/2C9H13.Mg/c2*1-6-5-7(2)9(4)8(6)3;/h2*6H,1-4H3;. The van der Waals surface area contributed by atoms with Crippen LogP contribution < -0.4 is 0 Å². The molecule has 0 saturated carbocycles. The van der Waals surface area contributed by atoms with Crippen molar-refractivity contribution in [2.24, 2.45) is 11.8 Å².